The second-order valence-electron chi connectivity index (χ2n) is 4.51. The topological polar surface area (TPSA) is 89.3 Å². The molecule has 24 heavy (non-hydrogen) atoms. The summed E-state index contributed by atoms with van der Waals surface area (Å²) in [6.45, 7) is -0.507. The van der Waals surface area contributed by atoms with Crippen molar-refractivity contribution in [3.8, 4) is 5.88 Å². The third-order valence-corrected chi connectivity index (χ3v) is 3.23. The van der Waals surface area contributed by atoms with E-state index in [1.165, 1.54) is 18.3 Å². The van der Waals surface area contributed by atoms with E-state index in [1.54, 1.807) is 11.5 Å². The molecule has 6 nitrogen and oxygen atoms in total. The zero-order valence-electron chi connectivity index (χ0n) is 12.0. The highest BCUT2D eigenvalue weighted by Crippen LogP contribution is 2.36. The van der Waals surface area contributed by atoms with Gasteiger partial charge in [0.25, 0.3) is 0 Å². The predicted octanol–water partition coefficient (Wildman–Crippen LogP) is 3.33. The number of halogens is 4. The fraction of sp³-hybridized carbons (Fsp3) is 0.143. The van der Waals surface area contributed by atoms with Crippen LogP contribution in [0.2, 0.25) is 5.02 Å². The van der Waals surface area contributed by atoms with Crippen molar-refractivity contribution < 1.29 is 22.7 Å². The van der Waals surface area contributed by atoms with Crippen LogP contribution in [0, 0.1) is 0 Å². The molecule has 10 heteroatoms. The van der Waals surface area contributed by atoms with Crippen molar-refractivity contribution in [3.63, 3.8) is 0 Å². The predicted molar refractivity (Wildman–Crippen MR) is 81.4 cm³/mol. The number of carbonyl (C=O) groups is 1. The zero-order chi connectivity index (χ0) is 17.7. The molecule has 0 aliphatic rings. The normalized spacial score (nSPS) is 11.0. The van der Waals surface area contributed by atoms with E-state index < -0.39 is 24.4 Å². The molecule has 4 N–H and O–H groups in total. The van der Waals surface area contributed by atoms with Gasteiger partial charge in [0.2, 0.25) is 5.88 Å². The fourth-order valence-electron chi connectivity index (χ4n) is 1.90. The molecule has 0 saturated heterocycles. The second kappa shape index (κ2) is 7.37. The second-order valence-corrected chi connectivity index (χ2v) is 4.91. The van der Waals surface area contributed by atoms with Crippen LogP contribution >= 0.6 is 11.6 Å². The molecule has 0 saturated carbocycles. The number of hydrogen-bond acceptors (Lipinski definition) is 4. The Morgan fingerprint density at radius 2 is 2.04 bits per heavy atom. The minimum Gasteiger partial charge on any atom is -0.472 e. The fourth-order valence-corrected chi connectivity index (χ4v) is 2.08. The lowest BCUT2D eigenvalue weighted by Gasteiger charge is -2.17. The monoisotopic (exact) mass is 360 g/mol. The molecular formula is C14H12ClF3N4O2. The van der Waals surface area contributed by atoms with Crippen LogP contribution in [0.5, 0.6) is 5.88 Å². The molecule has 1 heterocycles. The number of hydrogen-bond donors (Lipinski definition) is 3. The first-order valence-corrected chi connectivity index (χ1v) is 6.90. The molecule has 0 aliphatic carbocycles. The maximum atomic E-state index is 13.2. The molecule has 0 radical (unpaired) electrons. The van der Waals surface area contributed by atoms with Gasteiger partial charge in [-0.05, 0) is 24.3 Å². The van der Waals surface area contributed by atoms with Crippen LogP contribution in [0.3, 0.4) is 0 Å². The van der Waals surface area contributed by atoms with Crippen LogP contribution in [-0.2, 0) is 12.8 Å². The summed E-state index contributed by atoms with van der Waals surface area (Å²) in [5.41, 5.74) is 0.442. The Morgan fingerprint density at radius 1 is 1.29 bits per heavy atom. The van der Waals surface area contributed by atoms with Crippen molar-refractivity contribution in [2.75, 3.05) is 5.32 Å². The molecule has 2 aromatic rings. The van der Waals surface area contributed by atoms with E-state index in [0.717, 1.165) is 12.1 Å². The van der Waals surface area contributed by atoms with Crippen LogP contribution in [0.1, 0.15) is 11.1 Å². The smallest absolute Gasteiger partial charge is 0.416 e. The molecule has 0 bridgehead atoms. The van der Waals surface area contributed by atoms with Gasteiger partial charge < -0.3 is 10.1 Å². The number of anilines is 1. The molecule has 1 aromatic carbocycles. The van der Waals surface area contributed by atoms with Gasteiger partial charge in [0.05, 0.1) is 5.56 Å². The largest absolute Gasteiger partial charge is 0.472 e. The first kappa shape index (κ1) is 17.8. The van der Waals surface area contributed by atoms with Crippen molar-refractivity contribution in [1.82, 2.24) is 10.4 Å². The number of pyridine rings is 1. The third kappa shape index (κ3) is 4.27. The van der Waals surface area contributed by atoms with Crippen molar-refractivity contribution in [2.45, 2.75) is 12.8 Å². The maximum absolute atomic E-state index is 13.2. The number of hydrazine groups is 1. The number of rotatable bonds is 4. The molecule has 0 spiro atoms. The Bertz CT molecular complexity index is 740. The highest BCUT2D eigenvalue weighted by Gasteiger charge is 2.34. The standard InChI is InChI=1S/C14H12ClF3N4O2/c15-10-4-2-6-20-12(10)24-7-8-9(14(16,17)18)3-1-5-11(8)21-13(23)22-19/h1-6H,7,19H2,(H2,21,22,23). The number of nitrogens with two attached hydrogens (primary N) is 1. The lowest BCUT2D eigenvalue weighted by Crippen LogP contribution is -2.34. The van der Waals surface area contributed by atoms with E-state index in [0.29, 0.717) is 0 Å². The number of ether oxygens (including phenoxy) is 1. The van der Waals surface area contributed by atoms with Gasteiger partial charge in [0.15, 0.2) is 0 Å². The maximum Gasteiger partial charge on any atom is 0.416 e. The molecule has 0 unspecified atom stereocenters. The Kier molecular flexibility index (Phi) is 5.47. The van der Waals surface area contributed by atoms with Gasteiger partial charge in [-0.25, -0.2) is 15.6 Å². The number of benzene rings is 1. The average Bonchev–Trinajstić information content (AvgIpc) is 2.53. The summed E-state index contributed by atoms with van der Waals surface area (Å²) in [7, 11) is 0. The molecule has 2 rings (SSSR count). The molecule has 0 fully saturated rings. The van der Waals surface area contributed by atoms with Crippen LogP contribution < -0.4 is 21.3 Å². The number of nitrogens with zero attached hydrogens (tertiary/aromatic N) is 1. The SMILES string of the molecule is NNC(=O)Nc1cccc(C(F)(F)F)c1COc1ncccc1Cl. The Balaban J connectivity index is 2.37. The van der Waals surface area contributed by atoms with E-state index in [9.17, 15) is 18.0 Å². The summed E-state index contributed by atoms with van der Waals surface area (Å²) in [6, 6.07) is 5.50. The highest BCUT2D eigenvalue weighted by molar-refractivity contribution is 6.31. The van der Waals surface area contributed by atoms with Gasteiger partial charge in [0, 0.05) is 17.4 Å². The minimum absolute atomic E-state index is 0.0228. The van der Waals surface area contributed by atoms with Crippen molar-refractivity contribution in [3.05, 3.63) is 52.7 Å². The Labute approximate surface area is 139 Å². The van der Waals surface area contributed by atoms with Crippen molar-refractivity contribution >= 4 is 23.3 Å². The third-order valence-electron chi connectivity index (χ3n) is 2.94. The number of amides is 2. The average molecular weight is 361 g/mol. The summed E-state index contributed by atoms with van der Waals surface area (Å²) in [4.78, 5) is 15.2. The van der Waals surface area contributed by atoms with E-state index in [2.05, 4.69) is 10.3 Å². The molecule has 2 amide bonds. The molecular weight excluding hydrogens is 349 g/mol. The van der Waals surface area contributed by atoms with E-state index >= 15 is 0 Å². The molecule has 0 atom stereocenters. The first-order chi connectivity index (χ1) is 11.3. The lowest BCUT2D eigenvalue weighted by molar-refractivity contribution is -0.138. The Hall–Kier alpha value is -2.52. The van der Waals surface area contributed by atoms with Crippen LogP contribution in [0.4, 0.5) is 23.7 Å². The first-order valence-electron chi connectivity index (χ1n) is 6.53. The summed E-state index contributed by atoms with van der Waals surface area (Å²) in [5, 5.41) is 2.36. The number of urea groups is 1. The van der Waals surface area contributed by atoms with E-state index in [4.69, 9.17) is 22.2 Å². The summed E-state index contributed by atoms with van der Waals surface area (Å²) in [5.74, 6) is 4.91. The number of alkyl halides is 3. The lowest BCUT2D eigenvalue weighted by atomic mass is 10.1. The van der Waals surface area contributed by atoms with Gasteiger partial charge in [0.1, 0.15) is 11.6 Å². The zero-order valence-corrected chi connectivity index (χ0v) is 12.8. The van der Waals surface area contributed by atoms with Crippen LogP contribution in [0.15, 0.2) is 36.5 Å². The summed E-state index contributed by atoms with van der Waals surface area (Å²) < 4.78 is 44.9. The minimum atomic E-state index is -4.64. The van der Waals surface area contributed by atoms with Gasteiger partial charge in [-0.2, -0.15) is 13.2 Å². The van der Waals surface area contributed by atoms with Gasteiger partial charge in [-0.3, -0.25) is 5.43 Å². The Morgan fingerprint density at radius 3 is 2.67 bits per heavy atom. The molecule has 1 aromatic heterocycles. The number of nitrogens with one attached hydrogen (secondary N) is 2. The summed E-state index contributed by atoms with van der Waals surface area (Å²) in [6.07, 6.45) is -3.25. The van der Waals surface area contributed by atoms with Crippen molar-refractivity contribution in [1.29, 1.82) is 0 Å². The van der Waals surface area contributed by atoms with Gasteiger partial charge >= 0.3 is 12.2 Å². The van der Waals surface area contributed by atoms with Crippen molar-refractivity contribution in [2.24, 2.45) is 5.84 Å². The molecule has 0 aliphatic heterocycles. The van der Waals surface area contributed by atoms with Crippen LogP contribution in [-0.4, -0.2) is 11.0 Å². The number of carbonyl (C=O) groups excluding carboxylic acids is 1. The van der Waals surface area contributed by atoms with E-state index in [1.807, 2.05) is 0 Å². The highest BCUT2D eigenvalue weighted by atomic mass is 35.5. The summed E-state index contributed by atoms with van der Waals surface area (Å²) >= 11 is 5.86. The van der Waals surface area contributed by atoms with E-state index in [-0.39, 0.29) is 22.2 Å². The molecule has 128 valence electrons. The van der Waals surface area contributed by atoms with Crippen LogP contribution in [0.25, 0.3) is 0 Å². The number of aromatic nitrogens is 1. The van der Waals surface area contributed by atoms with Gasteiger partial charge in [-0.15, -0.1) is 0 Å². The quantitative estimate of drug-likeness (QED) is 0.443. The van der Waals surface area contributed by atoms with Gasteiger partial charge in [-0.1, -0.05) is 17.7 Å².